The molecule has 0 fully saturated rings. The highest BCUT2D eigenvalue weighted by molar-refractivity contribution is 5.68. The molecule has 1 aromatic heterocycles. The summed E-state index contributed by atoms with van der Waals surface area (Å²) in [4.78, 5) is 22.8. The van der Waals surface area contributed by atoms with Gasteiger partial charge in [-0.1, -0.05) is 30.3 Å². The molecule has 6 nitrogen and oxygen atoms in total. The molecule has 1 N–H and O–H groups in total. The molecule has 0 spiro atoms. The lowest BCUT2D eigenvalue weighted by molar-refractivity contribution is -0.147. The van der Waals surface area contributed by atoms with Crippen LogP contribution in [-0.4, -0.2) is 18.6 Å². The first-order valence-electron chi connectivity index (χ1n) is 6.80. The third-order valence-electron chi connectivity index (χ3n) is 2.81. The monoisotopic (exact) mass is 303 g/mol. The molecular weight excluding hydrogens is 286 g/mol. The summed E-state index contributed by atoms with van der Waals surface area (Å²) in [5.74, 6) is -0.000544. The zero-order valence-electron chi connectivity index (χ0n) is 12.2. The van der Waals surface area contributed by atoms with Crippen molar-refractivity contribution in [2.45, 2.75) is 19.6 Å². The molecule has 0 aliphatic rings. The summed E-state index contributed by atoms with van der Waals surface area (Å²) >= 11 is 0. The van der Waals surface area contributed by atoms with Crippen molar-refractivity contribution in [1.29, 1.82) is 0 Å². The van der Waals surface area contributed by atoms with Crippen LogP contribution in [0.3, 0.4) is 0 Å². The predicted octanol–water partition coefficient (Wildman–Crippen LogP) is 2.81. The van der Waals surface area contributed by atoms with E-state index < -0.39 is 18.2 Å². The fraction of sp³-hybridized carbons (Fsp3) is 0.250. The highest BCUT2D eigenvalue weighted by Crippen LogP contribution is 2.17. The molecule has 0 saturated heterocycles. The van der Waals surface area contributed by atoms with Crippen molar-refractivity contribution >= 4 is 12.1 Å². The van der Waals surface area contributed by atoms with Crippen LogP contribution in [0.5, 0.6) is 0 Å². The number of rotatable bonds is 6. The number of benzene rings is 1. The Morgan fingerprint density at radius 3 is 2.59 bits per heavy atom. The van der Waals surface area contributed by atoms with Gasteiger partial charge in [0, 0.05) is 6.92 Å². The van der Waals surface area contributed by atoms with Gasteiger partial charge in [0.25, 0.3) is 0 Å². The second-order valence-corrected chi connectivity index (χ2v) is 4.56. The second kappa shape index (κ2) is 7.87. The van der Waals surface area contributed by atoms with Crippen molar-refractivity contribution in [2.75, 3.05) is 6.54 Å². The van der Waals surface area contributed by atoms with Crippen LogP contribution in [0.15, 0.2) is 53.1 Å². The number of amides is 1. The number of furan rings is 1. The molecule has 22 heavy (non-hydrogen) atoms. The number of ether oxygens (including phenoxy) is 2. The summed E-state index contributed by atoms with van der Waals surface area (Å²) < 4.78 is 15.4. The number of hydrogen-bond acceptors (Lipinski definition) is 5. The molecule has 0 aliphatic carbocycles. The third-order valence-corrected chi connectivity index (χ3v) is 2.81. The first-order chi connectivity index (χ1) is 10.6. The van der Waals surface area contributed by atoms with E-state index in [4.69, 9.17) is 13.9 Å². The highest BCUT2D eigenvalue weighted by atomic mass is 16.6. The van der Waals surface area contributed by atoms with Crippen LogP contribution >= 0.6 is 0 Å². The van der Waals surface area contributed by atoms with Crippen molar-refractivity contribution < 1.29 is 23.5 Å². The Balaban J connectivity index is 1.81. The van der Waals surface area contributed by atoms with Crippen molar-refractivity contribution in [3.05, 3.63) is 60.1 Å². The van der Waals surface area contributed by atoms with Gasteiger partial charge in [-0.2, -0.15) is 0 Å². The maximum absolute atomic E-state index is 11.7. The minimum absolute atomic E-state index is 0.0702. The van der Waals surface area contributed by atoms with Gasteiger partial charge < -0.3 is 19.2 Å². The van der Waals surface area contributed by atoms with Crippen LogP contribution in [0.2, 0.25) is 0 Å². The van der Waals surface area contributed by atoms with Crippen molar-refractivity contribution in [3.63, 3.8) is 0 Å². The third kappa shape index (κ3) is 4.97. The lowest BCUT2D eigenvalue weighted by atomic mass is 10.2. The molecule has 1 atom stereocenters. The van der Waals surface area contributed by atoms with E-state index in [2.05, 4.69) is 5.32 Å². The Kier molecular flexibility index (Phi) is 5.59. The van der Waals surface area contributed by atoms with E-state index in [0.717, 1.165) is 5.56 Å². The summed E-state index contributed by atoms with van der Waals surface area (Å²) in [6.07, 6.45) is 0.198. The average Bonchev–Trinajstić information content (AvgIpc) is 3.04. The smallest absolute Gasteiger partial charge is 0.407 e. The summed E-state index contributed by atoms with van der Waals surface area (Å²) in [5, 5.41) is 2.55. The number of nitrogens with one attached hydrogen (secondary N) is 1. The lowest BCUT2D eigenvalue weighted by Crippen LogP contribution is -2.30. The van der Waals surface area contributed by atoms with E-state index in [9.17, 15) is 9.59 Å². The van der Waals surface area contributed by atoms with Crippen LogP contribution in [0.4, 0.5) is 4.79 Å². The first-order valence-corrected chi connectivity index (χ1v) is 6.80. The lowest BCUT2D eigenvalue weighted by Gasteiger charge is -2.15. The van der Waals surface area contributed by atoms with E-state index >= 15 is 0 Å². The molecule has 2 aromatic rings. The normalized spacial score (nSPS) is 11.5. The van der Waals surface area contributed by atoms with Crippen LogP contribution in [-0.2, 0) is 20.9 Å². The zero-order valence-corrected chi connectivity index (χ0v) is 12.2. The number of carbonyl (C=O) groups excluding carboxylic acids is 2. The van der Waals surface area contributed by atoms with E-state index in [1.807, 2.05) is 30.3 Å². The minimum Gasteiger partial charge on any atom is -0.465 e. The Morgan fingerprint density at radius 2 is 1.95 bits per heavy atom. The van der Waals surface area contributed by atoms with E-state index in [1.165, 1.54) is 13.2 Å². The van der Waals surface area contributed by atoms with Gasteiger partial charge in [-0.3, -0.25) is 4.79 Å². The molecule has 0 bridgehead atoms. The van der Waals surface area contributed by atoms with Crippen molar-refractivity contribution in [1.82, 2.24) is 5.32 Å². The average molecular weight is 303 g/mol. The maximum atomic E-state index is 11.7. The number of hydrogen-bond donors (Lipinski definition) is 1. The van der Waals surface area contributed by atoms with Gasteiger partial charge in [0.2, 0.25) is 0 Å². The van der Waals surface area contributed by atoms with Gasteiger partial charge in [-0.15, -0.1) is 0 Å². The Bertz CT molecular complexity index is 594. The number of carbonyl (C=O) groups is 2. The fourth-order valence-electron chi connectivity index (χ4n) is 1.83. The van der Waals surface area contributed by atoms with Crippen LogP contribution in [0.1, 0.15) is 24.4 Å². The zero-order chi connectivity index (χ0) is 15.8. The van der Waals surface area contributed by atoms with Crippen LogP contribution < -0.4 is 5.32 Å². The summed E-state index contributed by atoms with van der Waals surface area (Å²) in [7, 11) is 0. The summed E-state index contributed by atoms with van der Waals surface area (Å²) in [6, 6.07) is 12.7. The van der Waals surface area contributed by atoms with Gasteiger partial charge in [0.1, 0.15) is 12.4 Å². The second-order valence-electron chi connectivity index (χ2n) is 4.56. The number of alkyl carbamates (subject to hydrolysis) is 1. The van der Waals surface area contributed by atoms with Crippen molar-refractivity contribution in [2.24, 2.45) is 0 Å². The van der Waals surface area contributed by atoms with Gasteiger partial charge in [0.05, 0.1) is 12.8 Å². The molecule has 0 unspecified atom stereocenters. The molecular formula is C16H17NO5. The minimum atomic E-state index is -0.684. The van der Waals surface area contributed by atoms with Crippen LogP contribution in [0, 0.1) is 0 Å². The number of esters is 1. The molecule has 0 radical (unpaired) electrons. The van der Waals surface area contributed by atoms with Gasteiger partial charge >= 0.3 is 12.1 Å². The quantitative estimate of drug-likeness (QED) is 0.830. The molecule has 0 saturated carbocycles. The standard InChI is InChI=1S/C16H17NO5/c1-12(18)22-15(14-8-5-9-20-14)10-17-16(19)21-11-13-6-3-2-4-7-13/h2-9,15H,10-11H2,1H3,(H,17,19)/t15-/m1/s1. The Morgan fingerprint density at radius 1 is 1.18 bits per heavy atom. The molecule has 0 aliphatic heterocycles. The van der Waals surface area contributed by atoms with E-state index in [1.54, 1.807) is 12.1 Å². The highest BCUT2D eigenvalue weighted by Gasteiger charge is 2.19. The molecule has 6 heteroatoms. The first kappa shape index (κ1) is 15.6. The predicted molar refractivity (Wildman–Crippen MR) is 77.8 cm³/mol. The van der Waals surface area contributed by atoms with E-state index in [0.29, 0.717) is 5.76 Å². The Hall–Kier alpha value is -2.76. The molecule has 1 aromatic carbocycles. The molecule has 2 rings (SSSR count). The summed E-state index contributed by atoms with van der Waals surface area (Å²) in [6.45, 7) is 1.54. The van der Waals surface area contributed by atoms with Gasteiger partial charge in [-0.05, 0) is 17.7 Å². The van der Waals surface area contributed by atoms with Gasteiger partial charge in [-0.25, -0.2) is 4.79 Å². The largest absolute Gasteiger partial charge is 0.465 e. The fourth-order valence-corrected chi connectivity index (χ4v) is 1.83. The Labute approximate surface area is 128 Å². The van der Waals surface area contributed by atoms with E-state index in [-0.39, 0.29) is 13.2 Å². The molecule has 1 amide bonds. The SMILES string of the molecule is CC(=O)O[C@H](CNC(=O)OCc1ccccc1)c1ccco1. The maximum Gasteiger partial charge on any atom is 0.407 e. The van der Waals surface area contributed by atoms with Gasteiger partial charge in [0.15, 0.2) is 6.10 Å². The molecule has 1 heterocycles. The van der Waals surface area contributed by atoms with Crippen molar-refractivity contribution in [3.8, 4) is 0 Å². The summed E-state index contributed by atoms with van der Waals surface area (Å²) in [5.41, 5.74) is 0.889. The van der Waals surface area contributed by atoms with Crippen LogP contribution in [0.25, 0.3) is 0 Å². The topological polar surface area (TPSA) is 77.8 Å². The molecule has 116 valence electrons.